The van der Waals surface area contributed by atoms with Crippen molar-refractivity contribution in [3.63, 3.8) is 0 Å². The zero-order valence-corrected chi connectivity index (χ0v) is 16.2. The molecule has 1 heterocycles. The van der Waals surface area contributed by atoms with Crippen LogP contribution in [0.4, 0.5) is 13.2 Å². The molecular weight excluding hydrogens is 456 g/mol. The van der Waals surface area contributed by atoms with Crippen molar-refractivity contribution in [3.05, 3.63) is 35.2 Å². The number of alkyl halides is 3. The first-order valence-electron chi connectivity index (χ1n) is 7.61. The first kappa shape index (κ1) is 21.6. The van der Waals surface area contributed by atoms with Crippen molar-refractivity contribution in [1.82, 2.24) is 0 Å². The number of hydrogen-bond donors (Lipinski definition) is 0. The van der Waals surface area contributed by atoms with E-state index in [0.717, 1.165) is 31.1 Å². The molecule has 0 aliphatic rings. The van der Waals surface area contributed by atoms with Crippen molar-refractivity contribution in [3.8, 4) is 0 Å². The summed E-state index contributed by atoms with van der Waals surface area (Å²) in [5.74, 6) is 0. The summed E-state index contributed by atoms with van der Waals surface area (Å²) in [5.41, 5.74) is -4.15. The Hall–Kier alpha value is -0.420. The Balaban J connectivity index is 0.000000648. The molecule has 2 aromatic rings. The minimum atomic E-state index is -4.15. The van der Waals surface area contributed by atoms with Gasteiger partial charge in [0, 0.05) is 17.9 Å². The van der Waals surface area contributed by atoms with Crippen molar-refractivity contribution in [1.29, 1.82) is 0 Å². The minimum Gasteiger partial charge on any atom is -0.427 e. The van der Waals surface area contributed by atoms with Crippen LogP contribution < -0.4 is 31.4 Å². The zero-order chi connectivity index (χ0) is 18.2. The fourth-order valence-corrected chi connectivity index (χ4v) is 4.51. The predicted molar refractivity (Wildman–Crippen MR) is 80.2 cm³/mol. The molecule has 3 nitrogen and oxygen atoms in total. The van der Waals surface area contributed by atoms with E-state index in [4.69, 9.17) is 10.3 Å². The van der Waals surface area contributed by atoms with Crippen LogP contribution >= 0.6 is 10.5 Å². The summed E-state index contributed by atoms with van der Waals surface area (Å²) < 4.78 is 66.0. The number of unbranched alkanes of at least 4 members (excludes halogenated alkanes) is 4. The van der Waals surface area contributed by atoms with Crippen LogP contribution in [0.3, 0.4) is 0 Å². The summed E-state index contributed by atoms with van der Waals surface area (Å²) in [6, 6.07) is 8.66. The Morgan fingerprint density at radius 2 is 1.58 bits per heavy atom. The standard InChI is InChI=1S/C16H20F3S.IO3/c1-2-3-4-5-6-10-14-12-13-9-7-8-11-15(13)20(14)16(17,18)19;2-1(3)4/h7-9,11-12H,2-6,10H2,1H3;/q+1;-1. The van der Waals surface area contributed by atoms with E-state index in [1.807, 2.05) is 0 Å². The van der Waals surface area contributed by atoms with Gasteiger partial charge in [-0.1, -0.05) is 44.7 Å². The number of aryl methyl sites for hydroxylation is 1. The highest BCUT2D eigenvalue weighted by molar-refractivity contribution is 7.38. The molecule has 0 saturated carbocycles. The normalized spacial score (nSPS) is 12.4. The van der Waals surface area contributed by atoms with Crippen molar-refractivity contribution in [2.45, 2.75) is 51.0 Å². The van der Waals surface area contributed by atoms with Crippen LogP contribution in [0, 0.1) is 0 Å². The highest BCUT2D eigenvalue weighted by Crippen LogP contribution is 2.51. The lowest BCUT2D eigenvalue weighted by atomic mass is 10.1. The summed E-state index contributed by atoms with van der Waals surface area (Å²) in [6.45, 7) is 2.14. The van der Waals surface area contributed by atoms with E-state index >= 15 is 0 Å². The molecule has 0 spiro atoms. The van der Waals surface area contributed by atoms with Crippen molar-refractivity contribution >= 4 is 20.6 Å². The number of halogens is 4. The lowest BCUT2D eigenvalue weighted by Crippen LogP contribution is -4.05. The van der Waals surface area contributed by atoms with E-state index in [-0.39, 0.29) is 0 Å². The van der Waals surface area contributed by atoms with Gasteiger partial charge in [0.2, 0.25) is 0 Å². The molecule has 1 atom stereocenters. The third kappa shape index (κ3) is 7.22. The summed E-state index contributed by atoms with van der Waals surface area (Å²) >= 11 is -4.01. The van der Waals surface area contributed by atoms with Gasteiger partial charge in [0.05, 0.1) is 10.5 Å². The average molecular weight is 476 g/mol. The molecule has 1 aromatic heterocycles. The van der Waals surface area contributed by atoms with E-state index in [1.165, 1.54) is 6.42 Å². The zero-order valence-electron chi connectivity index (χ0n) is 13.3. The molecule has 0 radical (unpaired) electrons. The van der Waals surface area contributed by atoms with Gasteiger partial charge in [-0.25, -0.2) is 0 Å². The Morgan fingerprint density at radius 1 is 1.00 bits per heavy atom. The second kappa shape index (κ2) is 10.5. The minimum absolute atomic E-state index is 0.448. The Labute approximate surface area is 151 Å². The molecule has 1 aromatic carbocycles. The SMILES string of the molecule is CCCCCCCc1cc2ccccc2[s+]1C(F)(F)F.[O-][I+2]([O-])[O-]. The Morgan fingerprint density at radius 3 is 2.17 bits per heavy atom. The molecule has 24 heavy (non-hydrogen) atoms. The summed E-state index contributed by atoms with van der Waals surface area (Å²) in [6.07, 6.45) is 5.90. The first-order valence-corrected chi connectivity index (χ1v) is 11.5. The van der Waals surface area contributed by atoms with E-state index < -0.39 is 37.0 Å². The highest BCUT2D eigenvalue weighted by Gasteiger charge is 2.47. The lowest BCUT2D eigenvalue weighted by Gasteiger charge is -2.01. The second-order valence-electron chi connectivity index (χ2n) is 5.25. The molecular formula is C16H20F3IO3S. The quantitative estimate of drug-likeness (QED) is 0.336. The van der Waals surface area contributed by atoms with Crippen LogP contribution in [0.1, 0.15) is 43.9 Å². The van der Waals surface area contributed by atoms with Gasteiger partial charge in [0.25, 0.3) is 21.1 Å². The van der Waals surface area contributed by atoms with Crippen molar-refractivity contribution in [2.75, 3.05) is 0 Å². The number of hydrogen-bond acceptors (Lipinski definition) is 3. The Bertz CT molecular complexity index is 611. The third-order valence-corrected chi connectivity index (χ3v) is 5.60. The third-order valence-electron chi connectivity index (χ3n) is 3.48. The van der Waals surface area contributed by atoms with E-state index in [0.29, 0.717) is 16.0 Å². The number of thiophene rings is 1. The van der Waals surface area contributed by atoms with Crippen LogP contribution in [-0.2, 0) is 11.9 Å². The van der Waals surface area contributed by atoms with Gasteiger partial charge in [-0.3, -0.25) is 0 Å². The maximum Gasteiger partial charge on any atom is 0.600 e. The highest BCUT2D eigenvalue weighted by atomic mass is 127. The van der Waals surface area contributed by atoms with Crippen molar-refractivity contribution < 1.29 is 44.5 Å². The first-order chi connectivity index (χ1) is 11.3. The maximum atomic E-state index is 13.3. The van der Waals surface area contributed by atoms with E-state index in [9.17, 15) is 13.2 Å². The van der Waals surface area contributed by atoms with Crippen molar-refractivity contribution in [2.24, 2.45) is 0 Å². The van der Waals surface area contributed by atoms with Gasteiger partial charge in [-0.05, 0) is 18.6 Å². The molecule has 0 bridgehead atoms. The lowest BCUT2D eigenvalue weighted by molar-refractivity contribution is -1.73. The molecule has 0 aliphatic carbocycles. The van der Waals surface area contributed by atoms with Crippen LogP contribution in [-0.4, -0.2) is 0 Å². The van der Waals surface area contributed by atoms with Crippen LogP contribution in [0.15, 0.2) is 30.3 Å². The van der Waals surface area contributed by atoms with Crippen LogP contribution in [0.25, 0.3) is 10.1 Å². The van der Waals surface area contributed by atoms with Crippen LogP contribution in [0.5, 0.6) is 0 Å². The maximum absolute atomic E-state index is 13.3. The number of rotatable bonds is 6. The van der Waals surface area contributed by atoms with Gasteiger partial charge < -0.3 is 10.3 Å². The molecule has 0 aliphatic heterocycles. The van der Waals surface area contributed by atoms with Gasteiger partial charge in [-0.2, -0.15) is 0 Å². The fourth-order valence-electron chi connectivity index (χ4n) is 2.51. The monoisotopic (exact) mass is 476 g/mol. The van der Waals surface area contributed by atoms with Gasteiger partial charge in [0.15, 0.2) is 9.58 Å². The molecule has 2 rings (SSSR count). The molecule has 1 unspecified atom stereocenters. The number of benzene rings is 1. The van der Waals surface area contributed by atoms with Crippen LogP contribution in [0.2, 0.25) is 0 Å². The molecule has 0 saturated heterocycles. The summed E-state index contributed by atoms with van der Waals surface area (Å²) in [5, 5.41) is 0.747. The smallest absolute Gasteiger partial charge is 0.427 e. The largest absolute Gasteiger partial charge is 0.600 e. The molecule has 136 valence electrons. The van der Waals surface area contributed by atoms with Gasteiger partial charge in [0.1, 0.15) is 0 Å². The van der Waals surface area contributed by atoms with Gasteiger partial charge >= 0.3 is 5.51 Å². The molecule has 0 amide bonds. The summed E-state index contributed by atoms with van der Waals surface area (Å²) in [7, 11) is -1.70. The summed E-state index contributed by atoms with van der Waals surface area (Å²) in [4.78, 5) is 0.565. The topological polar surface area (TPSA) is 69.2 Å². The Kier molecular flexibility index (Phi) is 9.50. The van der Waals surface area contributed by atoms with E-state index in [1.54, 1.807) is 30.3 Å². The average Bonchev–Trinajstić information content (AvgIpc) is 2.84. The predicted octanol–water partition coefficient (Wildman–Crippen LogP) is 0.0151. The van der Waals surface area contributed by atoms with E-state index in [2.05, 4.69) is 6.92 Å². The van der Waals surface area contributed by atoms with Gasteiger partial charge in [-0.15, -0.1) is 13.2 Å². The second-order valence-corrected chi connectivity index (χ2v) is 8.37. The fraction of sp³-hybridized carbons (Fsp3) is 0.500. The molecule has 0 N–H and O–H groups in total. The molecule has 0 fully saturated rings. The molecule has 8 heteroatoms. The number of fused-ring (bicyclic) bond motifs is 1.